The van der Waals surface area contributed by atoms with Crippen LogP contribution in [0, 0.1) is 13.8 Å². The van der Waals surface area contributed by atoms with Crippen molar-refractivity contribution in [1.82, 2.24) is 19.1 Å². The number of fused-ring (bicyclic) bond motifs is 2. The van der Waals surface area contributed by atoms with E-state index in [1.54, 1.807) is 35.4 Å². The third-order valence-corrected chi connectivity index (χ3v) is 7.81. The summed E-state index contributed by atoms with van der Waals surface area (Å²) in [5.74, 6) is 0.791. The zero-order valence-corrected chi connectivity index (χ0v) is 16.1. The first kappa shape index (κ1) is 17.5. The smallest absolute Gasteiger partial charge is 0.247 e. The third kappa shape index (κ3) is 2.81. The molecule has 140 valence electrons. The van der Waals surface area contributed by atoms with E-state index in [-0.39, 0.29) is 18.2 Å². The first-order valence-electron chi connectivity index (χ1n) is 8.98. The van der Waals surface area contributed by atoms with E-state index in [0.29, 0.717) is 16.3 Å². The van der Waals surface area contributed by atoms with Gasteiger partial charge in [-0.05, 0) is 38.8 Å². The molecule has 2 unspecified atom stereocenters. The SMILES string of the molecule is Cc1nn(C)c(C)c1S(=O)(=O)N1C2CCC1CC(Oc1ccncc1)C2. The zero-order valence-electron chi connectivity index (χ0n) is 15.3. The monoisotopic (exact) mass is 376 g/mol. The molecule has 2 aromatic rings. The van der Waals surface area contributed by atoms with E-state index in [4.69, 9.17) is 4.74 Å². The van der Waals surface area contributed by atoms with Crippen molar-refractivity contribution in [2.45, 2.75) is 62.6 Å². The topological polar surface area (TPSA) is 77.3 Å². The fourth-order valence-corrected chi connectivity index (χ4v) is 6.71. The Morgan fingerprint density at radius 2 is 1.73 bits per heavy atom. The molecule has 0 saturated carbocycles. The van der Waals surface area contributed by atoms with Crippen molar-refractivity contribution in [3.05, 3.63) is 35.9 Å². The number of rotatable bonds is 4. The molecule has 2 saturated heterocycles. The summed E-state index contributed by atoms with van der Waals surface area (Å²) in [6, 6.07) is 3.66. The summed E-state index contributed by atoms with van der Waals surface area (Å²) in [5.41, 5.74) is 1.26. The Balaban J connectivity index is 1.58. The van der Waals surface area contributed by atoms with Crippen molar-refractivity contribution in [2.24, 2.45) is 7.05 Å². The van der Waals surface area contributed by atoms with Gasteiger partial charge in [0.15, 0.2) is 0 Å². The van der Waals surface area contributed by atoms with Gasteiger partial charge in [0.2, 0.25) is 10.0 Å². The molecule has 0 aromatic carbocycles. The second kappa shape index (κ2) is 6.35. The summed E-state index contributed by atoms with van der Waals surface area (Å²) in [5, 5.41) is 4.29. The first-order chi connectivity index (χ1) is 12.4. The van der Waals surface area contributed by atoms with E-state index in [1.807, 2.05) is 19.1 Å². The molecule has 2 aliphatic heterocycles. The maximum absolute atomic E-state index is 13.4. The lowest BCUT2D eigenvalue weighted by atomic mass is 10.0. The minimum atomic E-state index is -3.55. The average molecular weight is 376 g/mol. The minimum Gasteiger partial charge on any atom is -0.490 e. The van der Waals surface area contributed by atoms with Crippen molar-refractivity contribution in [2.75, 3.05) is 0 Å². The van der Waals surface area contributed by atoms with Gasteiger partial charge in [-0.25, -0.2) is 8.42 Å². The molecule has 2 aliphatic rings. The van der Waals surface area contributed by atoms with Gasteiger partial charge in [-0.3, -0.25) is 9.67 Å². The molecule has 0 aliphatic carbocycles. The summed E-state index contributed by atoms with van der Waals surface area (Å²) in [7, 11) is -1.77. The normalized spacial score (nSPS) is 26.2. The largest absolute Gasteiger partial charge is 0.490 e. The Kier molecular flexibility index (Phi) is 4.27. The molecule has 26 heavy (non-hydrogen) atoms. The lowest BCUT2D eigenvalue weighted by Gasteiger charge is -2.37. The van der Waals surface area contributed by atoms with Gasteiger partial charge in [0, 0.05) is 44.4 Å². The van der Waals surface area contributed by atoms with Crippen LogP contribution in [-0.4, -0.2) is 45.7 Å². The van der Waals surface area contributed by atoms with Crippen LogP contribution >= 0.6 is 0 Å². The number of aromatic nitrogens is 3. The molecular formula is C18H24N4O3S. The van der Waals surface area contributed by atoms with E-state index in [1.165, 1.54) is 0 Å². The third-order valence-electron chi connectivity index (χ3n) is 5.55. The number of aryl methyl sites for hydroxylation is 2. The van der Waals surface area contributed by atoms with Crippen LogP contribution in [0.1, 0.15) is 37.1 Å². The van der Waals surface area contributed by atoms with Crippen LogP contribution in [0.4, 0.5) is 0 Å². The van der Waals surface area contributed by atoms with Crippen LogP contribution in [0.5, 0.6) is 5.75 Å². The number of ether oxygens (including phenoxy) is 1. The predicted octanol–water partition coefficient (Wildman–Crippen LogP) is 2.20. The Morgan fingerprint density at radius 1 is 1.12 bits per heavy atom. The van der Waals surface area contributed by atoms with Gasteiger partial charge in [-0.15, -0.1) is 0 Å². The molecule has 2 atom stereocenters. The van der Waals surface area contributed by atoms with Gasteiger partial charge in [0.05, 0.1) is 11.4 Å². The molecule has 4 heterocycles. The van der Waals surface area contributed by atoms with Crippen molar-refractivity contribution in [1.29, 1.82) is 0 Å². The quantitative estimate of drug-likeness (QED) is 0.817. The van der Waals surface area contributed by atoms with Gasteiger partial charge in [-0.1, -0.05) is 0 Å². The number of piperidine rings is 1. The molecule has 0 amide bonds. The average Bonchev–Trinajstić information content (AvgIpc) is 3.02. The molecule has 4 rings (SSSR count). The number of pyridine rings is 1. The number of sulfonamides is 1. The van der Waals surface area contributed by atoms with Crippen molar-refractivity contribution in [3.63, 3.8) is 0 Å². The Morgan fingerprint density at radius 3 is 2.27 bits per heavy atom. The highest BCUT2D eigenvalue weighted by Crippen LogP contribution is 2.41. The Labute approximate surface area is 154 Å². The van der Waals surface area contributed by atoms with E-state index in [0.717, 1.165) is 31.4 Å². The van der Waals surface area contributed by atoms with Gasteiger partial charge in [0.25, 0.3) is 0 Å². The predicted molar refractivity (Wildman–Crippen MR) is 96.4 cm³/mol. The van der Waals surface area contributed by atoms with Crippen LogP contribution in [0.25, 0.3) is 0 Å². The fraction of sp³-hybridized carbons (Fsp3) is 0.556. The Bertz CT molecular complexity index is 896. The summed E-state index contributed by atoms with van der Waals surface area (Å²) >= 11 is 0. The van der Waals surface area contributed by atoms with E-state index >= 15 is 0 Å². The van der Waals surface area contributed by atoms with Crippen LogP contribution in [0.3, 0.4) is 0 Å². The summed E-state index contributed by atoms with van der Waals surface area (Å²) in [4.78, 5) is 4.37. The lowest BCUT2D eigenvalue weighted by molar-refractivity contribution is 0.0955. The second-order valence-corrected chi connectivity index (χ2v) is 9.02. The summed E-state index contributed by atoms with van der Waals surface area (Å²) in [6.45, 7) is 3.58. The molecule has 2 bridgehead atoms. The molecule has 2 fully saturated rings. The Hall–Kier alpha value is -1.93. The van der Waals surface area contributed by atoms with Crippen LogP contribution < -0.4 is 4.74 Å². The molecule has 0 spiro atoms. The number of hydrogen-bond acceptors (Lipinski definition) is 5. The van der Waals surface area contributed by atoms with Gasteiger partial charge < -0.3 is 4.74 Å². The molecule has 8 heteroatoms. The van der Waals surface area contributed by atoms with Crippen LogP contribution in [-0.2, 0) is 17.1 Å². The van der Waals surface area contributed by atoms with E-state index in [2.05, 4.69) is 10.1 Å². The molecule has 0 N–H and O–H groups in total. The van der Waals surface area contributed by atoms with Crippen LogP contribution in [0.2, 0.25) is 0 Å². The highest BCUT2D eigenvalue weighted by Gasteiger charge is 2.49. The summed E-state index contributed by atoms with van der Waals surface area (Å²) in [6.07, 6.45) is 6.66. The van der Waals surface area contributed by atoms with Crippen molar-refractivity contribution >= 4 is 10.0 Å². The van der Waals surface area contributed by atoms with Crippen LogP contribution in [0.15, 0.2) is 29.4 Å². The first-order valence-corrected chi connectivity index (χ1v) is 10.4. The number of hydrogen-bond donors (Lipinski definition) is 0. The molecule has 7 nitrogen and oxygen atoms in total. The fourth-order valence-electron chi connectivity index (χ4n) is 4.41. The van der Waals surface area contributed by atoms with E-state index in [9.17, 15) is 8.42 Å². The maximum atomic E-state index is 13.4. The zero-order chi connectivity index (χ0) is 18.5. The summed E-state index contributed by atoms with van der Waals surface area (Å²) < 4.78 is 36.2. The molecule has 2 aromatic heterocycles. The van der Waals surface area contributed by atoms with Gasteiger partial charge in [0.1, 0.15) is 16.7 Å². The lowest BCUT2D eigenvalue weighted by Crippen LogP contribution is -2.49. The standard InChI is InChI=1S/C18H24N4O3S/c1-12-18(13(2)21(3)20-12)26(23,24)22-14-4-5-15(22)11-17(10-14)25-16-6-8-19-9-7-16/h6-9,14-15,17H,4-5,10-11H2,1-3H3. The maximum Gasteiger partial charge on any atom is 0.247 e. The second-order valence-electron chi connectivity index (χ2n) is 7.24. The van der Waals surface area contributed by atoms with Crippen molar-refractivity contribution in [3.8, 4) is 5.75 Å². The number of nitrogens with zero attached hydrogens (tertiary/aromatic N) is 4. The van der Waals surface area contributed by atoms with Gasteiger partial charge >= 0.3 is 0 Å². The van der Waals surface area contributed by atoms with Gasteiger partial charge in [-0.2, -0.15) is 9.40 Å². The van der Waals surface area contributed by atoms with E-state index < -0.39 is 10.0 Å². The minimum absolute atomic E-state index is 0.00964. The molecule has 0 radical (unpaired) electrons. The highest BCUT2D eigenvalue weighted by molar-refractivity contribution is 7.89. The molecular weight excluding hydrogens is 352 g/mol. The highest BCUT2D eigenvalue weighted by atomic mass is 32.2. The van der Waals surface area contributed by atoms with Crippen molar-refractivity contribution < 1.29 is 13.2 Å².